The van der Waals surface area contributed by atoms with Crippen molar-refractivity contribution in [2.24, 2.45) is 0 Å². The lowest BCUT2D eigenvalue weighted by atomic mass is 10.1. The lowest BCUT2D eigenvalue weighted by Crippen LogP contribution is -2.30. The van der Waals surface area contributed by atoms with Gasteiger partial charge in [0.05, 0.1) is 11.3 Å². The zero-order valence-corrected chi connectivity index (χ0v) is 18.6. The first-order valence-corrected chi connectivity index (χ1v) is 10.9. The number of aromatic nitrogens is 3. The Balaban J connectivity index is 1.61. The number of nitrogens with one attached hydrogen (secondary N) is 1. The standard InChI is InChI=1S/C26H25N5O2/c1-3-30(4-2)26(33)19-12-14-21(15-13-19)28-25(32)23-18-31(22-10-6-5-7-11-22)29-24(23)20-9-8-16-27-17-20/h5-18H,3-4H2,1-2H3,(H,28,32). The van der Waals surface area contributed by atoms with Gasteiger partial charge in [0.1, 0.15) is 5.69 Å². The molecule has 0 aliphatic rings. The van der Waals surface area contributed by atoms with E-state index in [-0.39, 0.29) is 11.8 Å². The van der Waals surface area contributed by atoms with Crippen LogP contribution in [0.2, 0.25) is 0 Å². The van der Waals surface area contributed by atoms with Gasteiger partial charge < -0.3 is 10.2 Å². The molecule has 0 fully saturated rings. The summed E-state index contributed by atoms with van der Waals surface area (Å²) >= 11 is 0. The molecule has 0 radical (unpaired) electrons. The van der Waals surface area contributed by atoms with E-state index in [1.165, 1.54) is 0 Å². The first kappa shape index (κ1) is 22.0. The van der Waals surface area contributed by atoms with E-state index in [0.717, 1.165) is 11.3 Å². The second-order valence-electron chi connectivity index (χ2n) is 7.42. The maximum absolute atomic E-state index is 13.2. The number of para-hydroxylation sites is 1. The van der Waals surface area contributed by atoms with E-state index >= 15 is 0 Å². The van der Waals surface area contributed by atoms with Gasteiger partial charge in [-0.3, -0.25) is 14.6 Å². The zero-order chi connectivity index (χ0) is 23.2. The zero-order valence-electron chi connectivity index (χ0n) is 18.6. The fraction of sp³-hybridized carbons (Fsp3) is 0.154. The Kier molecular flexibility index (Phi) is 6.59. The van der Waals surface area contributed by atoms with E-state index in [9.17, 15) is 9.59 Å². The molecule has 1 N–H and O–H groups in total. The van der Waals surface area contributed by atoms with Gasteiger partial charge in [-0.1, -0.05) is 18.2 Å². The number of anilines is 1. The Hall–Kier alpha value is -4.26. The summed E-state index contributed by atoms with van der Waals surface area (Å²) in [5, 5.41) is 7.57. The van der Waals surface area contributed by atoms with Crippen LogP contribution in [0.25, 0.3) is 16.9 Å². The Morgan fingerprint density at radius 2 is 1.67 bits per heavy atom. The average Bonchev–Trinajstić information content (AvgIpc) is 3.32. The van der Waals surface area contributed by atoms with Gasteiger partial charge in [-0.2, -0.15) is 5.10 Å². The van der Waals surface area contributed by atoms with E-state index in [2.05, 4.69) is 15.4 Å². The van der Waals surface area contributed by atoms with Gasteiger partial charge >= 0.3 is 0 Å². The summed E-state index contributed by atoms with van der Waals surface area (Å²) < 4.78 is 1.68. The van der Waals surface area contributed by atoms with E-state index in [4.69, 9.17) is 0 Å². The molecule has 2 amide bonds. The number of hydrogen-bond donors (Lipinski definition) is 1. The van der Waals surface area contributed by atoms with E-state index in [0.29, 0.717) is 35.6 Å². The van der Waals surface area contributed by atoms with Crippen LogP contribution < -0.4 is 5.32 Å². The lowest BCUT2D eigenvalue weighted by molar-refractivity contribution is 0.0773. The maximum Gasteiger partial charge on any atom is 0.259 e. The fourth-order valence-electron chi connectivity index (χ4n) is 3.56. The monoisotopic (exact) mass is 439 g/mol. The molecule has 0 aliphatic carbocycles. The molecule has 166 valence electrons. The van der Waals surface area contributed by atoms with Crippen LogP contribution in [0.4, 0.5) is 5.69 Å². The molecule has 0 aliphatic heterocycles. The van der Waals surface area contributed by atoms with Crippen LogP contribution >= 0.6 is 0 Å². The van der Waals surface area contributed by atoms with Gasteiger partial charge in [0.2, 0.25) is 0 Å². The van der Waals surface area contributed by atoms with E-state index < -0.39 is 0 Å². The van der Waals surface area contributed by atoms with E-state index in [1.807, 2.05) is 56.3 Å². The molecule has 0 saturated heterocycles. The second kappa shape index (κ2) is 9.91. The molecule has 2 heterocycles. The highest BCUT2D eigenvalue weighted by Crippen LogP contribution is 2.24. The second-order valence-corrected chi connectivity index (χ2v) is 7.42. The van der Waals surface area contributed by atoms with Crippen molar-refractivity contribution in [2.45, 2.75) is 13.8 Å². The summed E-state index contributed by atoms with van der Waals surface area (Å²) in [5.41, 5.74) is 3.75. The predicted molar refractivity (Wildman–Crippen MR) is 128 cm³/mol. The minimum absolute atomic E-state index is 0.0270. The third-order valence-corrected chi connectivity index (χ3v) is 5.35. The number of amides is 2. The molecule has 4 aromatic rings. The minimum atomic E-state index is -0.293. The molecule has 2 aromatic carbocycles. The van der Waals surface area contributed by atoms with Crippen LogP contribution in [0.15, 0.2) is 85.3 Å². The van der Waals surface area contributed by atoms with Gasteiger partial charge in [0.25, 0.3) is 11.8 Å². The lowest BCUT2D eigenvalue weighted by Gasteiger charge is -2.18. The summed E-state index contributed by atoms with van der Waals surface area (Å²) in [4.78, 5) is 31.7. The van der Waals surface area contributed by atoms with Crippen LogP contribution in [0.1, 0.15) is 34.6 Å². The van der Waals surface area contributed by atoms with E-state index in [1.54, 1.807) is 52.4 Å². The number of rotatable bonds is 7. The molecule has 0 atom stereocenters. The van der Waals surface area contributed by atoms with Crippen molar-refractivity contribution >= 4 is 17.5 Å². The minimum Gasteiger partial charge on any atom is -0.339 e. The van der Waals surface area contributed by atoms with Gasteiger partial charge in [-0.15, -0.1) is 0 Å². The smallest absolute Gasteiger partial charge is 0.259 e. The Labute approximate surface area is 192 Å². The summed E-state index contributed by atoms with van der Waals surface area (Å²) in [5.74, 6) is -0.320. The summed E-state index contributed by atoms with van der Waals surface area (Å²) in [6.45, 7) is 5.20. The van der Waals surface area contributed by atoms with Crippen molar-refractivity contribution in [3.8, 4) is 16.9 Å². The molecule has 7 nitrogen and oxygen atoms in total. The Morgan fingerprint density at radius 3 is 2.30 bits per heavy atom. The van der Waals surface area contributed by atoms with Crippen molar-refractivity contribution in [1.82, 2.24) is 19.7 Å². The summed E-state index contributed by atoms with van der Waals surface area (Å²) in [6, 6.07) is 20.2. The number of nitrogens with zero attached hydrogens (tertiary/aromatic N) is 4. The van der Waals surface area contributed by atoms with Crippen LogP contribution in [0.3, 0.4) is 0 Å². The average molecular weight is 440 g/mol. The summed E-state index contributed by atoms with van der Waals surface area (Å²) in [6.07, 6.45) is 5.08. The highest BCUT2D eigenvalue weighted by molar-refractivity contribution is 6.08. The Bertz CT molecular complexity index is 1230. The number of benzene rings is 2. The highest BCUT2D eigenvalue weighted by Gasteiger charge is 2.19. The number of carbonyl (C=O) groups is 2. The quantitative estimate of drug-likeness (QED) is 0.454. The third kappa shape index (κ3) is 4.82. The number of hydrogen-bond acceptors (Lipinski definition) is 4. The van der Waals surface area contributed by atoms with Gasteiger partial charge in [-0.05, 0) is 62.4 Å². The Morgan fingerprint density at radius 1 is 0.939 bits per heavy atom. The number of carbonyl (C=O) groups excluding carboxylic acids is 2. The molecular weight excluding hydrogens is 414 g/mol. The van der Waals surface area contributed by atoms with Crippen LogP contribution in [0, 0.1) is 0 Å². The molecule has 2 aromatic heterocycles. The summed E-state index contributed by atoms with van der Waals surface area (Å²) in [7, 11) is 0. The molecule has 7 heteroatoms. The molecule has 0 spiro atoms. The van der Waals surface area contributed by atoms with Gasteiger partial charge in [0, 0.05) is 48.5 Å². The molecule has 33 heavy (non-hydrogen) atoms. The molecule has 0 bridgehead atoms. The van der Waals surface area contributed by atoms with Gasteiger partial charge in [0.15, 0.2) is 0 Å². The van der Waals surface area contributed by atoms with Gasteiger partial charge in [-0.25, -0.2) is 4.68 Å². The molecule has 0 saturated carbocycles. The topological polar surface area (TPSA) is 80.1 Å². The van der Waals surface area contributed by atoms with Crippen LogP contribution in [-0.2, 0) is 0 Å². The number of pyridine rings is 1. The first-order chi connectivity index (χ1) is 16.1. The maximum atomic E-state index is 13.2. The van der Waals surface area contributed by atoms with Crippen molar-refractivity contribution in [3.63, 3.8) is 0 Å². The highest BCUT2D eigenvalue weighted by atomic mass is 16.2. The van der Waals surface area contributed by atoms with Crippen LogP contribution in [-0.4, -0.2) is 44.6 Å². The largest absolute Gasteiger partial charge is 0.339 e. The van der Waals surface area contributed by atoms with Crippen LogP contribution in [0.5, 0.6) is 0 Å². The third-order valence-electron chi connectivity index (χ3n) is 5.35. The fourth-order valence-corrected chi connectivity index (χ4v) is 3.56. The first-order valence-electron chi connectivity index (χ1n) is 10.9. The van der Waals surface area contributed by atoms with Crippen molar-refractivity contribution in [3.05, 3.63) is 96.4 Å². The van der Waals surface area contributed by atoms with Crippen molar-refractivity contribution in [2.75, 3.05) is 18.4 Å². The SMILES string of the molecule is CCN(CC)C(=O)c1ccc(NC(=O)c2cn(-c3ccccc3)nc2-c2cccnc2)cc1. The van der Waals surface area contributed by atoms with Crippen molar-refractivity contribution in [1.29, 1.82) is 0 Å². The molecular formula is C26H25N5O2. The normalized spacial score (nSPS) is 10.6. The molecule has 4 rings (SSSR count). The van der Waals surface area contributed by atoms with Crippen molar-refractivity contribution < 1.29 is 9.59 Å². The molecule has 0 unspecified atom stereocenters. The predicted octanol–water partition coefficient (Wildman–Crippen LogP) is 4.67.